The monoisotopic (exact) mass is 503 g/mol. The van der Waals surface area contributed by atoms with E-state index in [1.807, 2.05) is 61.5 Å². The van der Waals surface area contributed by atoms with Crippen molar-refractivity contribution >= 4 is 32.8 Å². The van der Waals surface area contributed by atoms with Crippen molar-refractivity contribution in [3.8, 4) is 5.75 Å². The highest BCUT2D eigenvalue weighted by Crippen LogP contribution is 2.39. The molecule has 0 saturated heterocycles. The molecule has 4 aromatic rings. The van der Waals surface area contributed by atoms with E-state index in [4.69, 9.17) is 9.15 Å². The topological polar surface area (TPSA) is 59.8 Å². The summed E-state index contributed by atoms with van der Waals surface area (Å²) >= 11 is 3.43. The van der Waals surface area contributed by atoms with Crippen LogP contribution in [-0.2, 0) is 6.42 Å². The number of carbonyl (C=O) groups excluding carboxylic acids is 1. The molecule has 2 heterocycles. The Morgan fingerprint density at radius 3 is 2.48 bits per heavy atom. The first-order valence-electron chi connectivity index (χ1n) is 10.9. The van der Waals surface area contributed by atoms with Crippen LogP contribution in [0.4, 0.5) is 0 Å². The van der Waals surface area contributed by atoms with Gasteiger partial charge in [0.1, 0.15) is 11.3 Å². The SMILES string of the molecule is CCOc1ccc(C2c3c(oc4ccc(Br)cc4c3=O)C(=O)N2CCc2ccccc2)cc1. The summed E-state index contributed by atoms with van der Waals surface area (Å²) in [5.74, 6) is 0.611. The van der Waals surface area contributed by atoms with Crippen LogP contribution in [0.2, 0.25) is 0 Å². The first-order valence-corrected chi connectivity index (χ1v) is 11.7. The molecule has 1 aromatic heterocycles. The van der Waals surface area contributed by atoms with Gasteiger partial charge < -0.3 is 14.1 Å². The van der Waals surface area contributed by atoms with Crippen LogP contribution in [0.3, 0.4) is 0 Å². The summed E-state index contributed by atoms with van der Waals surface area (Å²) in [6, 6.07) is 22.3. The second-order valence-corrected chi connectivity index (χ2v) is 8.87. The molecule has 0 bridgehead atoms. The van der Waals surface area contributed by atoms with Crippen LogP contribution < -0.4 is 10.2 Å². The molecule has 166 valence electrons. The van der Waals surface area contributed by atoms with Gasteiger partial charge in [0, 0.05) is 11.0 Å². The fraction of sp³-hybridized carbons (Fsp3) is 0.185. The van der Waals surface area contributed by atoms with Gasteiger partial charge in [0.05, 0.1) is 23.6 Å². The molecule has 1 atom stereocenters. The van der Waals surface area contributed by atoms with E-state index in [9.17, 15) is 9.59 Å². The van der Waals surface area contributed by atoms with Crippen LogP contribution >= 0.6 is 15.9 Å². The molecule has 0 saturated carbocycles. The molecular formula is C27H22BrNO4. The Kier molecular flexibility index (Phi) is 5.77. The quantitative estimate of drug-likeness (QED) is 0.336. The van der Waals surface area contributed by atoms with Gasteiger partial charge in [0.15, 0.2) is 5.43 Å². The summed E-state index contributed by atoms with van der Waals surface area (Å²) < 4.78 is 12.4. The zero-order chi connectivity index (χ0) is 22.9. The summed E-state index contributed by atoms with van der Waals surface area (Å²) in [5, 5.41) is 0.455. The van der Waals surface area contributed by atoms with Crippen LogP contribution in [-0.4, -0.2) is 24.0 Å². The van der Waals surface area contributed by atoms with Crippen molar-refractivity contribution in [2.45, 2.75) is 19.4 Å². The first kappa shape index (κ1) is 21.5. The average molecular weight is 504 g/mol. The van der Waals surface area contributed by atoms with Crippen molar-refractivity contribution in [1.29, 1.82) is 0 Å². The van der Waals surface area contributed by atoms with Crippen molar-refractivity contribution in [2.24, 2.45) is 0 Å². The zero-order valence-electron chi connectivity index (χ0n) is 18.1. The molecule has 1 amide bonds. The number of ether oxygens (including phenoxy) is 1. The maximum Gasteiger partial charge on any atom is 0.290 e. The summed E-state index contributed by atoms with van der Waals surface area (Å²) in [6.45, 7) is 2.96. The first-order chi connectivity index (χ1) is 16.1. The maximum atomic E-state index is 13.6. The van der Waals surface area contributed by atoms with Crippen LogP contribution in [0, 0.1) is 0 Å². The Morgan fingerprint density at radius 2 is 1.76 bits per heavy atom. The lowest BCUT2D eigenvalue weighted by Gasteiger charge is -2.25. The second-order valence-electron chi connectivity index (χ2n) is 7.95. The Hall–Kier alpha value is -3.38. The molecule has 5 nitrogen and oxygen atoms in total. The van der Waals surface area contributed by atoms with E-state index < -0.39 is 6.04 Å². The molecule has 33 heavy (non-hydrogen) atoms. The van der Waals surface area contributed by atoms with Gasteiger partial charge in [-0.2, -0.15) is 0 Å². The number of rotatable bonds is 6. The highest BCUT2D eigenvalue weighted by Gasteiger charge is 2.42. The van der Waals surface area contributed by atoms with Gasteiger partial charge in [0.2, 0.25) is 5.76 Å². The van der Waals surface area contributed by atoms with Crippen LogP contribution in [0.1, 0.15) is 40.2 Å². The zero-order valence-corrected chi connectivity index (χ0v) is 19.7. The number of halogens is 1. The number of carbonyl (C=O) groups is 1. The molecule has 1 aliphatic heterocycles. The largest absolute Gasteiger partial charge is 0.494 e. The Bertz CT molecular complexity index is 1380. The van der Waals surface area contributed by atoms with Crippen LogP contribution in [0.15, 0.2) is 86.5 Å². The lowest BCUT2D eigenvalue weighted by molar-refractivity contribution is 0.0730. The highest BCUT2D eigenvalue weighted by atomic mass is 79.9. The molecule has 1 aliphatic rings. The van der Waals surface area contributed by atoms with Crippen molar-refractivity contribution < 1.29 is 13.9 Å². The lowest BCUT2D eigenvalue weighted by Crippen LogP contribution is -2.31. The van der Waals surface area contributed by atoms with Crippen LogP contribution in [0.25, 0.3) is 11.0 Å². The van der Waals surface area contributed by atoms with Crippen molar-refractivity contribution in [3.63, 3.8) is 0 Å². The summed E-state index contributed by atoms with van der Waals surface area (Å²) in [6.07, 6.45) is 0.674. The predicted molar refractivity (Wildman–Crippen MR) is 131 cm³/mol. The smallest absolute Gasteiger partial charge is 0.290 e. The Morgan fingerprint density at radius 1 is 1.00 bits per heavy atom. The molecule has 0 spiro atoms. The molecule has 0 aliphatic carbocycles. The predicted octanol–water partition coefficient (Wildman–Crippen LogP) is 5.74. The second kappa shape index (κ2) is 8.87. The molecule has 0 fully saturated rings. The van der Waals surface area contributed by atoms with Gasteiger partial charge in [0.25, 0.3) is 5.91 Å². The molecule has 5 rings (SSSR count). The van der Waals surface area contributed by atoms with Gasteiger partial charge >= 0.3 is 0 Å². The number of benzene rings is 3. The van der Waals surface area contributed by atoms with Gasteiger partial charge in [-0.05, 0) is 54.8 Å². The van der Waals surface area contributed by atoms with Gasteiger partial charge in [-0.25, -0.2) is 0 Å². The summed E-state index contributed by atoms with van der Waals surface area (Å²) in [7, 11) is 0. The van der Waals surface area contributed by atoms with E-state index in [0.717, 1.165) is 21.3 Å². The van der Waals surface area contributed by atoms with Crippen molar-refractivity contribution in [3.05, 3.63) is 110 Å². The fourth-order valence-electron chi connectivity index (χ4n) is 4.38. The van der Waals surface area contributed by atoms with Gasteiger partial charge in [-0.15, -0.1) is 0 Å². The number of amides is 1. The highest BCUT2D eigenvalue weighted by molar-refractivity contribution is 9.10. The number of fused-ring (bicyclic) bond motifs is 2. The average Bonchev–Trinajstić information content (AvgIpc) is 3.11. The van der Waals surface area contributed by atoms with E-state index in [0.29, 0.717) is 36.1 Å². The third kappa shape index (κ3) is 3.95. The van der Waals surface area contributed by atoms with E-state index in [1.54, 1.807) is 23.1 Å². The Balaban J connectivity index is 1.62. The van der Waals surface area contributed by atoms with E-state index >= 15 is 0 Å². The van der Waals surface area contributed by atoms with E-state index in [-0.39, 0.29) is 17.1 Å². The number of hydrogen-bond donors (Lipinski definition) is 0. The summed E-state index contributed by atoms with van der Waals surface area (Å²) in [5.41, 5.74) is 2.59. The van der Waals surface area contributed by atoms with Crippen molar-refractivity contribution in [1.82, 2.24) is 4.90 Å². The fourth-order valence-corrected chi connectivity index (χ4v) is 4.74. The standard InChI is InChI=1S/C27H22BrNO4/c1-2-32-20-11-8-18(9-12-20)24-23-25(30)21-16-19(28)10-13-22(21)33-26(23)27(31)29(24)15-14-17-6-4-3-5-7-17/h3-13,16,24H,2,14-15H2,1H3. The third-order valence-corrected chi connectivity index (χ3v) is 6.41. The molecular weight excluding hydrogens is 482 g/mol. The molecule has 3 aromatic carbocycles. The molecule has 1 unspecified atom stereocenters. The molecule has 0 N–H and O–H groups in total. The van der Waals surface area contributed by atoms with Crippen LogP contribution in [0.5, 0.6) is 5.75 Å². The summed E-state index contributed by atoms with van der Waals surface area (Å²) in [4.78, 5) is 28.8. The third-order valence-electron chi connectivity index (χ3n) is 5.92. The van der Waals surface area contributed by atoms with Crippen molar-refractivity contribution in [2.75, 3.05) is 13.2 Å². The Labute approximate surface area is 199 Å². The minimum absolute atomic E-state index is 0.127. The van der Waals surface area contributed by atoms with E-state index in [2.05, 4.69) is 15.9 Å². The minimum atomic E-state index is -0.522. The van der Waals surface area contributed by atoms with Gasteiger partial charge in [-0.3, -0.25) is 9.59 Å². The normalized spacial score (nSPS) is 15.2. The van der Waals surface area contributed by atoms with E-state index in [1.165, 1.54) is 0 Å². The number of nitrogens with zero attached hydrogens (tertiary/aromatic N) is 1. The maximum absolute atomic E-state index is 13.6. The molecule has 6 heteroatoms. The molecule has 0 radical (unpaired) electrons. The van der Waals surface area contributed by atoms with Gasteiger partial charge in [-0.1, -0.05) is 58.4 Å². The number of hydrogen-bond acceptors (Lipinski definition) is 4. The lowest BCUT2D eigenvalue weighted by atomic mass is 9.98. The minimum Gasteiger partial charge on any atom is -0.494 e.